The van der Waals surface area contributed by atoms with Crippen LogP contribution < -0.4 is 5.73 Å². The molecule has 84 valence electrons. The molecule has 0 saturated heterocycles. The number of nitrogen functional groups attached to an aromatic ring is 1. The van der Waals surface area contributed by atoms with E-state index in [-0.39, 0.29) is 0 Å². The first-order chi connectivity index (χ1) is 7.24. The van der Waals surface area contributed by atoms with E-state index in [1.165, 1.54) is 11.8 Å². The van der Waals surface area contributed by atoms with E-state index in [4.69, 9.17) is 10.5 Å². The minimum atomic E-state index is -0.476. The first-order valence-corrected chi connectivity index (χ1v) is 5.81. The van der Waals surface area contributed by atoms with E-state index in [1.54, 1.807) is 18.3 Å². The Kier molecular flexibility index (Phi) is 5.45. The molecule has 0 aliphatic carbocycles. The molecule has 5 heteroatoms. The van der Waals surface area contributed by atoms with E-state index in [1.807, 2.05) is 6.92 Å². The number of aliphatic hydroxyl groups is 1. The van der Waals surface area contributed by atoms with E-state index in [0.717, 1.165) is 5.03 Å². The lowest BCUT2D eigenvalue weighted by atomic mass is 10.4. The summed E-state index contributed by atoms with van der Waals surface area (Å²) in [5.41, 5.74) is 6.36. The summed E-state index contributed by atoms with van der Waals surface area (Å²) >= 11 is 1.44. The van der Waals surface area contributed by atoms with E-state index in [0.29, 0.717) is 24.7 Å². The molecule has 0 saturated carbocycles. The summed E-state index contributed by atoms with van der Waals surface area (Å²) in [6.45, 7) is 2.88. The second kappa shape index (κ2) is 6.66. The molecule has 1 heterocycles. The Morgan fingerprint density at radius 3 is 3.13 bits per heavy atom. The maximum absolute atomic E-state index is 9.52. The fraction of sp³-hybridized carbons (Fsp3) is 0.500. The third-order valence-corrected chi connectivity index (χ3v) is 2.89. The van der Waals surface area contributed by atoms with Crippen LogP contribution in [-0.2, 0) is 4.74 Å². The lowest BCUT2D eigenvalue weighted by Gasteiger charge is -2.10. The number of anilines is 1. The number of hydrogen-bond donors (Lipinski definition) is 2. The van der Waals surface area contributed by atoms with Crippen LogP contribution >= 0.6 is 11.8 Å². The number of aliphatic hydroxyl groups excluding tert-OH is 1. The van der Waals surface area contributed by atoms with Crippen molar-refractivity contribution in [2.24, 2.45) is 0 Å². The van der Waals surface area contributed by atoms with Gasteiger partial charge in [-0.3, -0.25) is 0 Å². The van der Waals surface area contributed by atoms with Gasteiger partial charge in [-0.25, -0.2) is 4.98 Å². The summed E-state index contributed by atoms with van der Waals surface area (Å²) in [6, 6.07) is 3.58. The molecule has 1 unspecified atom stereocenters. The third-order valence-electron chi connectivity index (χ3n) is 1.73. The van der Waals surface area contributed by atoms with Crippen molar-refractivity contribution in [3.8, 4) is 0 Å². The van der Waals surface area contributed by atoms with Gasteiger partial charge in [-0.15, -0.1) is 11.8 Å². The van der Waals surface area contributed by atoms with Crippen molar-refractivity contribution in [1.82, 2.24) is 4.98 Å². The minimum Gasteiger partial charge on any atom is -0.397 e. The number of hydrogen-bond acceptors (Lipinski definition) is 5. The molecule has 1 aromatic rings. The van der Waals surface area contributed by atoms with Crippen LogP contribution in [0.1, 0.15) is 6.92 Å². The van der Waals surface area contributed by atoms with Crippen molar-refractivity contribution < 1.29 is 9.84 Å². The molecule has 0 spiro atoms. The minimum absolute atomic E-state index is 0.357. The number of pyridine rings is 1. The molecule has 0 aliphatic heterocycles. The van der Waals surface area contributed by atoms with Crippen molar-refractivity contribution in [1.29, 1.82) is 0 Å². The highest BCUT2D eigenvalue weighted by atomic mass is 32.2. The Morgan fingerprint density at radius 2 is 2.47 bits per heavy atom. The summed E-state index contributed by atoms with van der Waals surface area (Å²) < 4.78 is 5.10. The van der Waals surface area contributed by atoms with Crippen LogP contribution in [0.15, 0.2) is 23.4 Å². The fourth-order valence-corrected chi connectivity index (χ4v) is 1.82. The average Bonchev–Trinajstić information content (AvgIpc) is 2.25. The van der Waals surface area contributed by atoms with Gasteiger partial charge in [0.25, 0.3) is 0 Å². The normalized spacial score (nSPS) is 12.7. The predicted molar refractivity (Wildman–Crippen MR) is 61.9 cm³/mol. The molecular formula is C10H16N2O2S. The number of thioether (sulfide) groups is 1. The molecular weight excluding hydrogens is 212 g/mol. The molecule has 0 aromatic carbocycles. The van der Waals surface area contributed by atoms with Crippen molar-refractivity contribution in [2.75, 3.05) is 24.7 Å². The first kappa shape index (κ1) is 12.3. The number of ether oxygens (including phenoxy) is 1. The van der Waals surface area contributed by atoms with Crippen molar-refractivity contribution >= 4 is 17.4 Å². The van der Waals surface area contributed by atoms with E-state index >= 15 is 0 Å². The van der Waals surface area contributed by atoms with Gasteiger partial charge < -0.3 is 15.6 Å². The first-order valence-electron chi connectivity index (χ1n) is 4.83. The quantitative estimate of drug-likeness (QED) is 0.715. The zero-order chi connectivity index (χ0) is 11.1. The highest BCUT2D eigenvalue weighted by Gasteiger charge is 2.07. The lowest BCUT2D eigenvalue weighted by Crippen LogP contribution is -2.18. The second-order valence-electron chi connectivity index (χ2n) is 3.02. The van der Waals surface area contributed by atoms with Gasteiger partial charge in [0, 0.05) is 18.6 Å². The van der Waals surface area contributed by atoms with Crippen LogP contribution in [0.3, 0.4) is 0 Å². The molecule has 0 bridgehead atoms. The van der Waals surface area contributed by atoms with Gasteiger partial charge in [-0.05, 0) is 19.1 Å². The van der Waals surface area contributed by atoms with Gasteiger partial charge in [0.1, 0.15) is 5.03 Å². The zero-order valence-electron chi connectivity index (χ0n) is 8.72. The molecule has 0 fully saturated rings. The highest BCUT2D eigenvalue weighted by Crippen LogP contribution is 2.22. The Hall–Kier alpha value is -0.780. The summed E-state index contributed by atoms with van der Waals surface area (Å²) in [6.07, 6.45) is 1.21. The Balaban J connectivity index is 2.33. The smallest absolute Gasteiger partial charge is 0.119 e. The van der Waals surface area contributed by atoms with Crippen LogP contribution in [-0.4, -0.2) is 35.2 Å². The highest BCUT2D eigenvalue weighted by molar-refractivity contribution is 7.99. The fourth-order valence-electron chi connectivity index (χ4n) is 1.00. The summed E-state index contributed by atoms with van der Waals surface area (Å²) in [7, 11) is 0. The molecule has 1 rings (SSSR count). The predicted octanol–water partition coefficient (Wildman–Crippen LogP) is 1.15. The molecule has 0 radical (unpaired) electrons. The number of rotatable bonds is 6. The lowest BCUT2D eigenvalue weighted by molar-refractivity contribution is 0.0551. The maximum atomic E-state index is 9.52. The zero-order valence-corrected chi connectivity index (χ0v) is 9.54. The van der Waals surface area contributed by atoms with Gasteiger partial charge in [-0.2, -0.15) is 0 Å². The maximum Gasteiger partial charge on any atom is 0.119 e. The second-order valence-corrected chi connectivity index (χ2v) is 4.03. The van der Waals surface area contributed by atoms with Crippen molar-refractivity contribution in [3.63, 3.8) is 0 Å². The van der Waals surface area contributed by atoms with Crippen molar-refractivity contribution in [3.05, 3.63) is 18.3 Å². The molecule has 4 nitrogen and oxygen atoms in total. The monoisotopic (exact) mass is 228 g/mol. The standard InChI is InChI=1S/C10H16N2O2S/c1-2-14-6-8(13)7-15-10-9(11)4-3-5-12-10/h3-5,8,13H,2,6-7,11H2,1H3. The largest absolute Gasteiger partial charge is 0.397 e. The topological polar surface area (TPSA) is 68.4 Å². The Morgan fingerprint density at radius 1 is 1.67 bits per heavy atom. The van der Waals surface area contributed by atoms with Crippen LogP contribution in [0.2, 0.25) is 0 Å². The summed E-state index contributed by atoms with van der Waals surface area (Å²) in [5.74, 6) is 0.543. The molecule has 0 amide bonds. The summed E-state index contributed by atoms with van der Waals surface area (Å²) in [5, 5.41) is 10.3. The molecule has 1 atom stereocenters. The van der Waals surface area contributed by atoms with Crippen LogP contribution in [0.5, 0.6) is 0 Å². The van der Waals surface area contributed by atoms with Crippen molar-refractivity contribution in [2.45, 2.75) is 18.1 Å². The van der Waals surface area contributed by atoms with E-state index in [9.17, 15) is 5.11 Å². The summed E-state index contributed by atoms with van der Waals surface area (Å²) in [4.78, 5) is 4.12. The van der Waals surface area contributed by atoms with Crippen LogP contribution in [0, 0.1) is 0 Å². The number of nitrogens with two attached hydrogens (primary N) is 1. The number of nitrogens with zero attached hydrogens (tertiary/aromatic N) is 1. The SMILES string of the molecule is CCOCC(O)CSc1ncccc1N. The van der Waals surface area contributed by atoms with Gasteiger partial charge >= 0.3 is 0 Å². The van der Waals surface area contributed by atoms with Crippen LogP contribution in [0.4, 0.5) is 5.69 Å². The Bertz CT molecular complexity index is 297. The molecule has 0 aliphatic rings. The van der Waals surface area contributed by atoms with Gasteiger partial charge in [0.05, 0.1) is 18.4 Å². The molecule has 3 N–H and O–H groups in total. The van der Waals surface area contributed by atoms with Gasteiger partial charge in [0.2, 0.25) is 0 Å². The van der Waals surface area contributed by atoms with Gasteiger partial charge in [0.15, 0.2) is 0 Å². The third kappa shape index (κ3) is 4.51. The van der Waals surface area contributed by atoms with E-state index in [2.05, 4.69) is 4.98 Å². The number of aromatic nitrogens is 1. The Labute approximate surface area is 93.8 Å². The molecule has 1 aromatic heterocycles. The molecule has 15 heavy (non-hydrogen) atoms. The average molecular weight is 228 g/mol. The van der Waals surface area contributed by atoms with Gasteiger partial charge in [-0.1, -0.05) is 0 Å². The van der Waals surface area contributed by atoms with E-state index < -0.39 is 6.10 Å². The van der Waals surface area contributed by atoms with Crippen LogP contribution in [0.25, 0.3) is 0 Å².